The van der Waals surface area contributed by atoms with Gasteiger partial charge in [-0.15, -0.1) is 0 Å². The number of hydrogen-bond donors (Lipinski definition) is 16. The second kappa shape index (κ2) is 26.9. The summed E-state index contributed by atoms with van der Waals surface area (Å²) in [7, 11) is 0. The lowest BCUT2D eigenvalue weighted by atomic mass is 9.33. The molecule has 0 bridgehead atoms. The average molecular weight is 1340 g/mol. The Labute approximate surface area is 540 Å². The van der Waals surface area contributed by atoms with E-state index in [2.05, 4.69) is 54.5 Å². The van der Waals surface area contributed by atoms with Gasteiger partial charge in [-0.1, -0.05) is 60.1 Å². The Morgan fingerprint density at radius 1 is 0.516 bits per heavy atom. The summed E-state index contributed by atoms with van der Waals surface area (Å²) in [4.78, 5) is 13.2. The highest BCUT2D eigenvalue weighted by atomic mass is 16.8. The first-order valence-corrected chi connectivity index (χ1v) is 33.4. The van der Waals surface area contributed by atoms with E-state index in [-0.39, 0.29) is 40.1 Å². The molecule has 29 heteroatoms. The molecule has 0 spiro atoms. The van der Waals surface area contributed by atoms with Crippen molar-refractivity contribution in [3.05, 3.63) is 11.6 Å². The van der Waals surface area contributed by atoms with Gasteiger partial charge < -0.3 is 139 Å². The van der Waals surface area contributed by atoms with E-state index in [9.17, 15) is 86.5 Å². The van der Waals surface area contributed by atoms with Crippen LogP contribution in [0.3, 0.4) is 0 Å². The maximum atomic E-state index is 13.2. The van der Waals surface area contributed by atoms with Crippen LogP contribution in [0.1, 0.15) is 127 Å². The fraction of sp³-hybridized carbons (Fsp3) is 0.953. The smallest absolute Gasteiger partial charge is 0.310 e. The van der Waals surface area contributed by atoms with Crippen molar-refractivity contribution in [3.63, 3.8) is 0 Å². The molecule has 29 nitrogen and oxygen atoms in total. The van der Waals surface area contributed by atoms with Gasteiger partial charge in [-0.2, -0.15) is 0 Å². The summed E-state index contributed by atoms with van der Waals surface area (Å²) in [5.74, 6) is -0.183. The molecule has 0 aromatic heterocycles. The fourth-order valence-electron chi connectivity index (χ4n) is 18.8. The quantitative estimate of drug-likeness (QED) is 0.0596. The Kier molecular flexibility index (Phi) is 20.9. The van der Waals surface area contributed by atoms with Gasteiger partial charge >= 0.3 is 5.97 Å². The van der Waals surface area contributed by atoms with Gasteiger partial charge in [-0.05, 0) is 123 Å². The van der Waals surface area contributed by atoms with Crippen LogP contribution in [0.4, 0.5) is 0 Å². The van der Waals surface area contributed by atoms with E-state index in [1.54, 1.807) is 0 Å². The number of aliphatic hydroxyl groups excluding tert-OH is 15. The first-order valence-electron chi connectivity index (χ1n) is 33.4. The second-order valence-corrected chi connectivity index (χ2v) is 31.0. The third-order valence-corrected chi connectivity index (χ3v) is 24.9. The topological polar surface area (TPSA) is 452 Å². The number of aliphatic carboxylic acids is 1. The van der Waals surface area contributed by atoms with E-state index in [0.717, 1.165) is 44.9 Å². The molecule has 93 heavy (non-hydrogen) atoms. The van der Waals surface area contributed by atoms with E-state index >= 15 is 0 Å². The standard InChI is InChI=1S/C64H104O29/c1-25-36(67)41(72)45(76)52(85-25)83-23-31-39(70)42(73)46(77)55(89-31)91-49-30(21-65)87-54(47(78)43(49)74)88-32-24-84-53(44(75)40(32)71)92-50-37(68)26(2)86-56(48(50)79)93-51-38(69)29(66)22-82-57(51)90-35-13-14-61(7)33(60(35,5)6)12-15-63(9)34(61)11-10-27-28-20-59(3,4)16-18-64(28,58(80)81)19-17-62(27,63)8/h10,25-26,28-57,65-79H,11-24H2,1-9H3,(H,80,81). The van der Waals surface area contributed by atoms with E-state index in [1.807, 2.05) is 0 Å². The average Bonchev–Trinajstić information content (AvgIpc) is 0.677. The number of ether oxygens (including phenoxy) is 12. The summed E-state index contributed by atoms with van der Waals surface area (Å²) in [5.41, 5.74) is -0.177. The molecule has 11 aliphatic rings. The Hall–Kier alpha value is -1.87. The van der Waals surface area contributed by atoms with Crippen molar-refractivity contribution in [1.29, 1.82) is 0 Å². The Morgan fingerprint density at radius 3 is 1.80 bits per heavy atom. The second-order valence-electron chi connectivity index (χ2n) is 31.0. The van der Waals surface area contributed by atoms with Crippen LogP contribution in [0.25, 0.3) is 0 Å². The fourth-order valence-corrected chi connectivity index (χ4v) is 18.8. The van der Waals surface area contributed by atoms with E-state index < -0.39 is 215 Å². The largest absolute Gasteiger partial charge is 0.481 e. The summed E-state index contributed by atoms with van der Waals surface area (Å²) < 4.78 is 71.0. The molecular formula is C64H104O29. The van der Waals surface area contributed by atoms with E-state index in [4.69, 9.17) is 56.8 Å². The van der Waals surface area contributed by atoms with Crippen molar-refractivity contribution in [2.45, 2.75) is 305 Å². The van der Waals surface area contributed by atoms with Gasteiger partial charge in [0.25, 0.3) is 0 Å². The molecule has 11 rings (SSSR count). The summed E-state index contributed by atoms with van der Waals surface area (Å²) in [5, 5.41) is 176. The Bertz CT molecular complexity index is 2620. The van der Waals surface area contributed by atoms with E-state index in [1.165, 1.54) is 19.4 Å². The van der Waals surface area contributed by atoms with Crippen LogP contribution in [0, 0.1) is 50.2 Å². The van der Waals surface area contributed by atoms with Crippen LogP contribution in [0.15, 0.2) is 11.6 Å². The Balaban J connectivity index is 0.705. The van der Waals surface area contributed by atoms with Crippen molar-refractivity contribution in [1.82, 2.24) is 0 Å². The molecule has 0 radical (unpaired) electrons. The highest BCUT2D eigenvalue weighted by Crippen LogP contribution is 2.76. The van der Waals surface area contributed by atoms with Crippen LogP contribution < -0.4 is 0 Å². The van der Waals surface area contributed by atoms with Crippen molar-refractivity contribution >= 4 is 5.97 Å². The molecule has 4 saturated carbocycles. The number of fused-ring (bicyclic) bond motifs is 7. The van der Waals surface area contributed by atoms with Gasteiger partial charge in [-0.3, -0.25) is 4.79 Å². The monoisotopic (exact) mass is 1340 g/mol. The van der Waals surface area contributed by atoms with Gasteiger partial charge in [0.05, 0.1) is 50.2 Å². The number of aliphatic hydroxyl groups is 15. The minimum Gasteiger partial charge on any atom is -0.481 e. The van der Waals surface area contributed by atoms with Crippen LogP contribution in [-0.2, 0) is 61.6 Å². The van der Waals surface area contributed by atoms with Crippen LogP contribution in [0.5, 0.6) is 0 Å². The maximum absolute atomic E-state index is 13.2. The molecule has 6 saturated heterocycles. The molecule has 0 amide bonds. The van der Waals surface area contributed by atoms with Crippen LogP contribution >= 0.6 is 0 Å². The summed E-state index contributed by atoms with van der Waals surface area (Å²) in [6.07, 6.45) is -36.8. The summed E-state index contributed by atoms with van der Waals surface area (Å²) >= 11 is 0. The maximum Gasteiger partial charge on any atom is 0.310 e. The van der Waals surface area contributed by atoms with Gasteiger partial charge in [0, 0.05) is 0 Å². The highest BCUT2D eigenvalue weighted by molar-refractivity contribution is 5.76. The highest BCUT2D eigenvalue weighted by Gasteiger charge is 2.70. The van der Waals surface area contributed by atoms with Gasteiger partial charge in [0.15, 0.2) is 37.7 Å². The van der Waals surface area contributed by atoms with Crippen molar-refractivity contribution in [2.24, 2.45) is 50.2 Å². The number of hydrogen-bond acceptors (Lipinski definition) is 28. The lowest BCUT2D eigenvalue weighted by Crippen LogP contribution is -2.66. The third-order valence-electron chi connectivity index (χ3n) is 24.9. The first-order chi connectivity index (χ1) is 43.5. The zero-order valence-electron chi connectivity index (χ0n) is 54.4. The van der Waals surface area contributed by atoms with E-state index in [0.29, 0.717) is 25.2 Å². The summed E-state index contributed by atoms with van der Waals surface area (Å²) in [6, 6.07) is 0. The third kappa shape index (κ3) is 12.6. The molecule has 534 valence electrons. The van der Waals surface area contributed by atoms with Gasteiger partial charge in [0.1, 0.15) is 122 Å². The molecule has 5 aliphatic carbocycles. The normalized spacial score (nSPS) is 54.7. The molecule has 6 heterocycles. The zero-order valence-corrected chi connectivity index (χ0v) is 54.4. The molecule has 6 aliphatic heterocycles. The number of carbonyl (C=O) groups is 1. The van der Waals surface area contributed by atoms with Crippen molar-refractivity contribution in [2.75, 3.05) is 26.4 Å². The zero-order chi connectivity index (χ0) is 67.7. The lowest BCUT2D eigenvalue weighted by Gasteiger charge is -2.71. The number of carboxylic acid groups (broad SMARTS) is 1. The first kappa shape index (κ1) is 72.4. The molecule has 16 N–H and O–H groups in total. The molecule has 0 aromatic carbocycles. The predicted octanol–water partition coefficient (Wildman–Crippen LogP) is -2.49. The molecule has 36 atom stereocenters. The van der Waals surface area contributed by atoms with Gasteiger partial charge in [0.2, 0.25) is 0 Å². The number of carboxylic acids is 1. The number of rotatable bonds is 15. The molecule has 0 aromatic rings. The van der Waals surface area contributed by atoms with Crippen LogP contribution in [0.2, 0.25) is 0 Å². The molecule has 36 unspecified atom stereocenters. The molecule has 10 fully saturated rings. The Morgan fingerprint density at radius 2 is 1.10 bits per heavy atom. The predicted molar refractivity (Wildman–Crippen MR) is 314 cm³/mol. The molecular weight excluding hydrogens is 1230 g/mol. The lowest BCUT2D eigenvalue weighted by molar-refractivity contribution is -0.387. The minimum atomic E-state index is -2.05. The van der Waals surface area contributed by atoms with Crippen molar-refractivity contribution < 1.29 is 143 Å². The van der Waals surface area contributed by atoms with Crippen molar-refractivity contribution in [3.8, 4) is 0 Å². The minimum absolute atomic E-state index is 0.00846. The SMILES string of the molecule is CC1OC(OCC2OC(OC3C(CO)OC(OC4COC(OC5C(O)C(C)OC(OC6C(OC7CCC8(C)C(CCC9(C)C8CC=C8C%10CC(C)(C)CCC%10(C(=O)O)CCC89C)C7(C)C)OCC(O)C6O)C5O)C(O)C4O)C(O)C3O)C(O)C(O)C2O)C(O)C(O)C1O. The van der Waals surface area contributed by atoms with Gasteiger partial charge in [-0.25, -0.2) is 0 Å². The number of allylic oxidation sites excluding steroid dienone is 2. The van der Waals surface area contributed by atoms with Crippen LogP contribution in [-0.4, -0.2) is 292 Å². The summed E-state index contributed by atoms with van der Waals surface area (Å²) in [6.45, 7) is 16.6.